The van der Waals surface area contributed by atoms with Crippen molar-refractivity contribution in [3.8, 4) is 5.75 Å². The van der Waals surface area contributed by atoms with Gasteiger partial charge in [0.25, 0.3) is 6.33 Å². The van der Waals surface area contributed by atoms with Crippen LogP contribution in [-0.2, 0) is 11.0 Å². The van der Waals surface area contributed by atoms with Crippen molar-refractivity contribution in [1.29, 1.82) is 0 Å². The highest BCUT2D eigenvalue weighted by molar-refractivity contribution is 5.77. The van der Waals surface area contributed by atoms with Gasteiger partial charge in [-0.25, -0.2) is 0 Å². The lowest BCUT2D eigenvalue weighted by Gasteiger charge is -2.05. The summed E-state index contributed by atoms with van der Waals surface area (Å²) >= 11 is 0. The van der Waals surface area contributed by atoms with Crippen molar-refractivity contribution in [2.45, 2.75) is 13.1 Å². The van der Waals surface area contributed by atoms with Gasteiger partial charge < -0.3 is 0 Å². The van der Waals surface area contributed by atoms with Crippen LogP contribution in [0.25, 0.3) is 10.9 Å². The molecule has 0 aliphatic carbocycles. The molecule has 0 aliphatic rings. The molecular weight excluding hydrogens is 477 g/mol. The van der Waals surface area contributed by atoms with Crippen molar-refractivity contribution < 1.29 is 43.2 Å². The predicted octanol–water partition coefficient (Wildman–Crippen LogP) is 3.75. The Morgan fingerprint density at radius 3 is 2.43 bits per heavy atom. The molecule has 0 aliphatic heterocycles. The number of halogens is 3. The van der Waals surface area contributed by atoms with Crippen LogP contribution in [0.15, 0.2) is 79.5 Å². The van der Waals surface area contributed by atoms with Crippen LogP contribution in [0.3, 0.4) is 0 Å². The Labute approximate surface area is 195 Å². The summed E-state index contributed by atoms with van der Waals surface area (Å²) in [5, 5.41) is 11.5. The number of benzene rings is 2. The molecule has 12 nitrogen and oxygen atoms in total. The monoisotopic (exact) mass is 496 g/mol. The third kappa shape index (κ3) is 9.68. The van der Waals surface area contributed by atoms with Gasteiger partial charge in [0.1, 0.15) is 4.91 Å². The van der Waals surface area contributed by atoms with Crippen molar-refractivity contribution in [3.63, 3.8) is 0 Å². The van der Waals surface area contributed by atoms with Crippen LogP contribution in [0.1, 0.15) is 12.5 Å². The lowest BCUT2D eigenvalue weighted by atomic mass is 10.2. The fraction of sp³-hybridized carbons (Fsp3) is 0.150. The molecule has 2 aromatic heterocycles. The van der Waals surface area contributed by atoms with Gasteiger partial charge in [0.05, 0.1) is 15.9 Å². The average molecular weight is 496 g/mol. The number of hydrogen-bond donors (Lipinski definition) is 1. The maximum atomic E-state index is 12.3. The second-order valence-corrected chi connectivity index (χ2v) is 6.07. The van der Waals surface area contributed by atoms with E-state index < -0.39 is 16.8 Å². The highest BCUT2D eigenvalue weighted by Crippen LogP contribution is 2.31. The van der Waals surface area contributed by atoms with Crippen LogP contribution < -0.4 is 9.78 Å². The largest absolute Gasteiger partial charge is 0.483 e. The molecule has 0 radical (unpaired) electrons. The zero-order chi connectivity index (χ0) is 25.7. The maximum absolute atomic E-state index is 12.3. The number of nitrogens with zero attached hydrogens (tertiary/aromatic N) is 6. The average Bonchev–Trinajstić information content (AvgIpc) is 3.32. The SMILES string of the molecule is CCO[N+](=O)Oc1cccc(C(F)(F)F)c1.O=[N+](O)On1cncn1.c1ccc2ncccc2c1. The van der Waals surface area contributed by atoms with Gasteiger partial charge in [0.2, 0.25) is 5.75 Å². The van der Waals surface area contributed by atoms with E-state index in [4.69, 9.17) is 5.21 Å². The van der Waals surface area contributed by atoms with E-state index in [0.717, 1.165) is 30.3 Å². The molecule has 15 heteroatoms. The number of aromatic nitrogens is 4. The number of fused-ring (bicyclic) bond motifs is 1. The molecule has 35 heavy (non-hydrogen) atoms. The molecule has 0 atom stereocenters. The molecule has 0 bridgehead atoms. The van der Waals surface area contributed by atoms with E-state index in [2.05, 4.69) is 41.8 Å². The number of alkyl halides is 3. The summed E-state index contributed by atoms with van der Waals surface area (Å²) in [5.41, 5.74) is 0.167. The first-order chi connectivity index (χ1) is 16.7. The van der Waals surface area contributed by atoms with E-state index in [1.807, 2.05) is 30.5 Å². The van der Waals surface area contributed by atoms with Gasteiger partial charge in [0, 0.05) is 22.6 Å². The summed E-state index contributed by atoms with van der Waals surface area (Å²) < 4.78 is 36.8. The Hall–Kier alpha value is -4.82. The molecular formula is C20H19F3N6O6+2. The summed E-state index contributed by atoms with van der Waals surface area (Å²) in [5.74, 6) is -0.238. The van der Waals surface area contributed by atoms with E-state index in [-0.39, 0.29) is 17.4 Å². The maximum Gasteiger partial charge on any atom is 0.483 e. The van der Waals surface area contributed by atoms with E-state index in [9.17, 15) is 23.0 Å². The fourth-order valence-electron chi connectivity index (χ4n) is 2.27. The van der Waals surface area contributed by atoms with E-state index >= 15 is 0 Å². The van der Waals surface area contributed by atoms with Crippen LogP contribution in [0.5, 0.6) is 5.75 Å². The zero-order valence-electron chi connectivity index (χ0n) is 18.0. The van der Waals surface area contributed by atoms with Gasteiger partial charge >= 0.3 is 16.3 Å². The molecule has 2 aromatic carbocycles. The summed E-state index contributed by atoms with van der Waals surface area (Å²) in [4.78, 5) is 41.5. The van der Waals surface area contributed by atoms with Crippen LogP contribution >= 0.6 is 0 Å². The predicted molar refractivity (Wildman–Crippen MR) is 111 cm³/mol. The first-order valence-corrected chi connectivity index (χ1v) is 9.63. The molecule has 2 heterocycles. The topological polar surface area (TPSA) is 132 Å². The molecule has 4 rings (SSSR count). The fourth-order valence-corrected chi connectivity index (χ4v) is 2.27. The summed E-state index contributed by atoms with van der Waals surface area (Å²) in [6.45, 7) is 1.60. The number of pyridine rings is 1. The molecule has 4 aromatic rings. The van der Waals surface area contributed by atoms with Crippen molar-refractivity contribution >= 4 is 10.9 Å². The van der Waals surface area contributed by atoms with Crippen molar-refractivity contribution in [2.24, 2.45) is 0 Å². The van der Waals surface area contributed by atoms with Crippen LogP contribution in [0.4, 0.5) is 13.2 Å². The van der Waals surface area contributed by atoms with Gasteiger partial charge in [0.15, 0.2) is 12.9 Å². The van der Waals surface area contributed by atoms with Crippen molar-refractivity contribution in [3.05, 3.63) is 94.9 Å². The molecule has 0 amide bonds. The first kappa shape index (κ1) is 26.4. The smallest absolute Gasteiger partial charge is 0.281 e. The Morgan fingerprint density at radius 2 is 1.80 bits per heavy atom. The Kier molecular flexibility index (Phi) is 9.84. The second-order valence-electron chi connectivity index (χ2n) is 6.07. The zero-order valence-corrected chi connectivity index (χ0v) is 18.0. The summed E-state index contributed by atoms with van der Waals surface area (Å²) in [7, 11) is 0. The Balaban J connectivity index is 0.000000195. The van der Waals surface area contributed by atoms with Crippen molar-refractivity contribution in [1.82, 2.24) is 19.9 Å². The van der Waals surface area contributed by atoms with E-state index in [1.165, 1.54) is 11.5 Å². The minimum Gasteiger partial charge on any atom is -0.281 e. The Morgan fingerprint density at radius 1 is 1.06 bits per heavy atom. The lowest BCUT2D eigenvalue weighted by Crippen LogP contribution is -2.19. The second kappa shape index (κ2) is 13.0. The normalized spacial score (nSPS) is 10.2. The Bertz CT molecular complexity index is 1160. The molecule has 184 valence electrons. The first-order valence-electron chi connectivity index (χ1n) is 9.63. The van der Waals surface area contributed by atoms with Gasteiger partial charge in [-0.15, -0.1) is 4.84 Å². The standard InChI is InChI=1S/C9H9F3NO3.C9H7N.C2H3N4O3/c1-2-15-13(14)16-8-5-3-4-7(6-8)9(10,11)12;1-2-6-9-8(4-1)5-3-7-10-9;7-6(8)9-5-2-3-1-4-5/h3-6H,2H2,1H3;1-7H;1-2H,(H,7,8)/q+1;;+1. The van der Waals surface area contributed by atoms with Gasteiger partial charge in [-0.1, -0.05) is 30.3 Å². The van der Waals surface area contributed by atoms with Gasteiger partial charge in [-0.05, 0) is 41.2 Å². The third-order valence-electron chi connectivity index (χ3n) is 3.64. The highest BCUT2D eigenvalue weighted by atomic mass is 19.4. The van der Waals surface area contributed by atoms with Gasteiger partial charge in [-0.2, -0.15) is 23.0 Å². The molecule has 0 saturated carbocycles. The van der Waals surface area contributed by atoms with Gasteiger partial charge in [-0.3, -0.25) is 10.2 Å². The molecule has 1 N–H and O–H groups in total. The molecule has 0 spiro atoms. The van der Waals surface area contributed by atoms with Crippen LogP contribution in [0, 0.1) is 9.81 Å². The quantitative estimate of drug-likeness (QED) is 0.396. The third-order valence-corrected chi connectivity index (χ3v) is 3.64. The number of hydrogen-bond acceptors (Lipinski definition) is 8. The number of rotatable bonds is 6. The molecule has 0 saturated heterocycles. The minimum absolute atomic E-state index is 0.0580. The summed E-state index contributed by atoms with van der Waals surface area (Å²) in [6, 6.07) is 16.0. The van der Waals surface area contributed by atoms with E-state index in [0.29, 0.717) is 10.9 Å². The molecule has 0 unspecified atom stereocenters. The molecule has 0 fully saturated rings. The number of para-hydroxylation sites is 1. The lowest BCUT2D eigenvalue weighted by molar-refractivity contribution is -0.969. The van der Waals surface area contributed by atoms with Crippen LogP contribution in [0.2, 0.25) is 0 Å². The minimum atomic E-state index is -4.47. The summed E-state index contributed by atoms with van der Waals surface area (Å²) in [6.07, 6.45) is -0.397. The highest BCUT2D eigenvalue weighted by Gasteiger charge is 2.31. The van der Waals surface area contributed by atoms with Crippen molar-refractivity contribution in [2.75, 3.05) is 6.61 Å². The van der Waals surface area contributed by atoms with Crippen LogP contribution in [-0.4, -0.2) is 41.9 Å². The van der Waals surface area contributed by atoms with E-state index in [1.54, 1.807) is 6.92 Å².